The lowest BCUT2D eigenvalue weighted by molar-refractivity contribution is -0.144. The lowest BCUT2D eigenvalue weighted by atomic mass is 9.96. The van der Waals surface area contributed by atoms with E-state index in [0.29, 0.717) is 36.1 Å². The summed E-state index contributed by atoms with van der Waals surface area (Å²) in [5.74, 6) is -0.689. The number of alkyl halides is 3. The Morgan fingerprint density at radius 2 is 2.00 bits per heavy atom. The van der Waals surface area contributed by atoms with Gasteiger partial charge in [-0.15, -0.1) is 5.10 Å². The van der Waals surface area contributed by atoms with Crippen molar-refractivity contribution in [3.8, 4) is 0 Å². The number of rotatable bonds is 6. The second-order valence-electron chi connectivity index (χ2n) is 8.80. The average Bonchev–Trinajstić information content (AvgIpc) is 3.35. The number of fused-ring (bicyclic) bond motifs is 1. The molecule has 0 aromatic carbocycles. The highest BCUT2D eigenvalue weighted by atomic mass is 19.4. The third kappa shape index (κ3) is 4.86. The average molecular weight is 464 g/mol. The summed E-state index contributed by atoms with van der Waals surface area (Å²) in [5, 5.41) is 6.07. The number of allylic oxidation sites excluding steroid dienone is 2. The van der Waals surface area contributed by atoms with Crippen molar-refractivity contribution < 1.29 is 22.4 Å². The molecule has 1 atom stereocenters. The minimum Gasteiger partial charge on any atom is -0.441 e. The molecule has 1 fully saturated rings. The zero-order chi connectivity index (χ0) is 23.9. The van der Waals surface area contributed by atoms with Gasteiger partial charge in [0.15, 0.2) is 0 Å². The van der Waals surface area contributed by atoms with Crippen LogP contribution in [0.1, 0.15) is 79.4 Å². The SMILES string of the molecule is CN=C(/C=C(/c1nc2c(o1)CCCC2NC(=O)c1nc(C(F)(F)F)nn1C)C(C)C)C1CC1. The quantitative estimate of drug-likeness (QED) is 0.648. The third-order valence-electron chi connectivity index (χ3n) is 5.91. The van der Waals surface area contributed by atoms with Crippen LogP contribution in [0.4, 0.5) is 13.2 Å². The number of aromatic nitrogens is 4. The number of hydrogen-bond acceptors (Lipinski definition) is 6. The number of aliphatic imine (C=N–C) groups is 1. The van der Waals surface area contributed by atoms with Gasteiger partial charge < -0.3 is 9.73 Å². The molecule has 2 aromatic rings. The third-order valence-corrected chi connectivity index (χ3v) is 5.91. The summed E-state index contributed by atoms with van der Waals surface area (Å²) in [7, 11) is 3.04. The van der Waals surface area contributed by atoms with Gasteiger partial charge in [-0.25, -0.2) is 9.67 Å². The Bertz CT molecular complexity index is 1110. The number of nitrogens with zero attached hydrogens (tertiary/aromatic N) is 5. The summed E-state index contributed by atoms with van der Waals surface area (Å²) in [5.41, 5.74) is 2.57. The van der Waals surface area contributed by atoms with Gasteiger partial charge in [0.05, 0.1) is 6.04 Å². The molecule has 1 amide bonds. The zero-order valence-corrected chi connectivity index (χ0v) is 19.0. The number of carbonyl (C=O) groups excluding carboxylic acids is 1. The largest absolute Gasteiger partial charge is 0.453 e. The molecule has 1 saturated carbocycles. The number of halogens is 3. The molecule has 2 aromatic heterocycles. The van der Waals surface area contributed by atoms with Crippen LogP contribution in [0.25, 0.3) is 5.57 Å². The van der Waals surface area contributed by atoms with Gasteiger partial charge in [0.25, 0.3) is 11.7 Å². The van der Waals surface area contributed by atoms with Gasteiger partial charge in [0, 0.05) is 37.7 Å². The Morgan fingerprint density at radius 1 is 1.27 bits per heavy atom. The monoisotopic (exact) mass is 464 g/mol. The highest BCUT2D eigenvalue weighted by Crippen LogP contribution is 2.36. The molecule has 0 spiro atoms. The maximum Gasteiger partial charge on any atom is 0.453 e. The molecule has 178 valence electrons. The molecule has 11 heteroatoms. The number of carbonyl (C=O) groups is 1. The van der Waals surface area contributed by atoms with Crippen molar-refractivity contribution in [1.82, 2.24) is 25.1 Å². The lowest BCUT2D eigenvalue weighted by Crippen LogP contribution is -2.32. The topological polar surface area (TPSA) is 98.2 Å². The standard InChI is InChI=1S/C22H27F3N6O2/c1-11(2)13(10-15(26-3)12-8-9-12)20-28-17-14(6-5-7-16(17)33-20)27-19(32)18-29-21(22(23,24)25)30-31(18)4/h10-12,14H,5-9H2,1-4H3,(H,27,32)/b13-10+,26-15?. The van der Waals surface area contributed by atoms with E-state index in [1.54, 1.807) is 7.05 Å². The van der Waals surface area contributed by atoms with Crippen LogP contribution in [0.3, 0.4) is 0 Å². The summed E-state index contributed by atoms with van der Waals surface area (Å²) in [6.07, 6.45) is 1.61. The van der Waals surface area contributed by atoms with E-state index in [0.717, 1.165) is 35.2 Å². The molecule has 1 unspecified atom stereocenters. The van der Waals surface area contributed by atoms with Crippen molar-refractivity contribution in [2.24, 2.45) is 23.9 Å². The van der Waals surface area contributed by atoms with E-state index in [1.165, 1.54) is 7.05 Å². The van der Waals surface area contributed by atoms with Gasteiger partial charge in [0.2, 0.25) is 11.7 Å². The van der Waals surface area contributed by atoms with Gasteiger partial charge in [-0.2, -0.15) is 18.2 Å². The Morgan fingerprint density at radius 3 is 2.58 bits per heavy atom. The molecular weight excluding hydrogens is 437 g/mol. The Hall–Kier alpha value is -2.98. The van der Waals surface area contributed by atoms with Crippen LogP contribution < -0.4 is 5.32 Å². The van der Waals surface area contributed by atoms with Gasteiger partial charge in [-0.3, -0.25) is 9.79 Å². The van der Waals surface area contributed by atoms with Crippen molar-refractivity contribution in [2.75, 3.05) is 7.05 Å². The van der Waals surface area contributed by atoms with E-state index in [-0.39, 0.29) is 5.92 Å². The molecule has 8 nitrogen and oxygen atoms in total. The molecule has 2 aliphatic rings. The molecular formula is C22H27F3N6O2. The first-order chi connectivity index (χ1) is 15.6. The smallest absolute Gasteiger partial charge is 0.441 e. The van der Waals surface area contributed by atoms with Crippen LogP contribution in [0.15, 0.2) is 15.5 Å². The molecule has 2 aliphatic carbocycles. The number of hydrogen-bond donors (Lipinski definition) is 1. The van der Waals surface area contributed by atoms with E-state index >= 15 is 0 Å². The first-order valence-electron chi connectivity index (χ1n) is 11.1. The van der Waals surface area contributed by atoms with E-state index in [1.807, 2.05) is 6.08 Å². The summed E-state index contributed by atoms with van der Waals surface area (Å²) >= 11 is 0. The van der Waals surface area contributed by atoms with Crippen LogP contribution in [-0.4, -0.2) is 38.4 Å². The van der Waals surface area contributed by atoms with E-state index in [2.05, 4.69) is 34.2 Å². The number of nitrogens with one attached hydrogen (secondary N) is 1. The molecule has 4 rings (SSSR count). The van der Waals surface area contributed by atoms with Crippen molar-refractivity contribution in [3.05, 3.63) is 35.1 Å². The predicted molar refractivity (Wildman–Crippen MR) is 115 cm³/mol. The van der Waals surface area contributed by atoms with Crippen LogP contribution in [0.5, 0.6) is 0 Å². The highest BCUT2D eigenvalue weighted by Gasteiger charge is 2.38. The summed E-state index contributed by atoms with van der Waals surface area (Å²) < 4.78 is 45.7. The highest BCUT2D eigenvalue weighted by molar-refractivity contribution is 6.03. The minimum absolute atomic E-state index is 0.146. The number of amides is 1. The maximum atomic E-state index is 12.9. The molecule has 0 aliphatic heterocycles. The second kappa shape index (κ2) is 8.75. The van der Waals surface area contributed by atoms with E-state index in [4.69, 9.17) is 9.40 Å². The maximum absolute atomic E-state index is 12.9. The van der Waals surface area contributed by atoms with E-state index < -0.39 is 29.8 Å². The minimum atomic E-state index is -4.73. The van der Waals surface area contributed by atoms with Crippen molar-refractivity contribution in [1.29, 1.82) is 0 Å². The molecule has 1 N–H and O–H groups in total. The van der Waals surface area contributed by atoms with Crippen LogP contribution >= 0.6 is 0 Å². The fourth-order valence-corrected chi connectivity index (χ4v) is 3.99. The Balaban J connectivity index is 1.59. The van der Waals surface area contributed by atoms with Crippen molar-refractivity contribution in [3.63, 3.8) is 0 Å². The van der Waals surface area contributed by atoms with Crippen LogP contribution in [0, 0.1) is 11.8 Å². The summed E-state index contributed by atoms with van der Waals surface area (Å²) in [6.45, 7) is 4.11. The number of aryl methyl sites for hydroxylation is 2. The first-order valence-corrected chi connectivity index (χ1v) is 11.1. The van der Waals surface area contributed by atoms with Gasteiger partial charge in [0.1, 0.15) is 11.5 Å². The van der Waals surface area contributed by atoms with E-state index in [9.17, 15) is 18.0 Å². The van der Waals surface area contributed by atoms with Gasteiger partial charge >= 0.3 is 6.18 Å². The Kier molecular flexibility index (Phi) is 6.15. The predicted octanol–water partition coefficient (Wildman–Crippen LogP) is 4.15. The Labute approximate surface area is 189 Å². The fourth-order valence-electron chi connectivity index (χ4n) is 3.99. The molecule has 0 radical (unpaired) electrons. The van der Waals surface area contributed by atoms with Crippen molar-refractivity contribution in [2.45, 2.75) is 58.2 Å². The molecule has 0 bridgehead atoms. The van der Waals surface area contributed by atoms with Crippen molar-refractivity contribution >= 4 is 17.2 Å². The molecule has 2 heterocycles. The van der Waals surface area contributed by atoms with Crippen LogP contribution in [0.2, 0.25) is 0 Å². The van der Waals surface area contributed by atoms with Gasteiger partial charge in [-0.05, 0) is 37.7 Å². The molecule has 0 saturated heterocycles. The number of oxazole rings is 1. The van der Waals surface area contributed by atoms with Crippen LogP contribution in [-0.2, 0) is 19.6 Å². The summed E-state index contributed by atoms with van der Waals surface area (Å²) in [4.78, 5) is 25.2. The lowest BCUT2D eigenvalue weighted by Gasteiger charge is -2.20. The summed E-state index contributed by atoms with van der Waals surface area (Å²) in [6, 6.07) is -0.485. The fraction of sp³-hybridized carbons (Fsp3) is 0.591. The normalized spacial score (nSPS) is 19.7. The molecule has 33 heavy (non-hydrogen) atoms. The zero-order valence-electron chi connectivity index (χ0n) is 19.0. The first kappa shape index (κ1) is 23.2. The second-order valence-corrected chi connectivity index (χ2v) is 8.80. The van der Waals surface area contributed by atoms with Gasteiger partial charge in [-0.1, -0.05) is 13.8 Å².